The Bertz CT molecular complexity index is 998. The minimum Gasteiger partial charge on any atom is -0.326 e. The average Bonchev–Trinajstić information content (AvgIpc) is 3.32. The summed E-state index contributed by atoms with van der Waals surface area (Å²) in [4.78, 5) is 21.8. The van der Waals surface area contributed by atoms with Gasteiger partial charge in [-0.05, 0) is 48.2 Å². The van der Waals surface area contributed by atoms with Crippen LogP contribution in [0.5, 0.6) is 0 Å². The topological polar surface area (TPSA) is 36.4 Å². The summed E-state index contributed by atoms with van der Waals surface area (Å²) in [5, 5.41) is 0. The number of carbonyl (C=O) groups is 1. The van der Waals surface area contributed by atoms with Crippen molar-refractivity contribution in [3.8, 4) is 0 Å². The fraction of sp³-hybridized carbons (Fsp3) is 0.182. The lowest BCUT2D eigenvalue weighted by Gasteiger charge is -2.20. The van der Waals surface area contributed by atoms with Gasteiger partial charge in [0, 0.05) is 24.5 Å². The van der Waals surface area contributed by atoms with Gasteiger partial charge in [0.2, 0.25) is 0 Å². The Labute approximate surface area is 152 Å². The van der Waals surface area contributed by atoms with Crippen LogP contribution in [0.3, 0.4) is 0 Å². The van der Waals surface area contributed by atoms with Gasteiger partial charge in [0.05, 0.1) is 0 Å². The molecular formula is C22H19N3O. The van der Waals surface area contributed by atoms with E-state index in [9.17, 15) is 4.79 Å². The van der Waals surface area contributed by atoms with E-state index >= 15 is 0 Å². The van der Waals surface area contributed by atoms with Gasteiger partial charge in [-0.15, -0.1) is 0 Å². The third kappa shape index (κ3) is 2.37. The van der Waals surface area contributed by atoms with Gasteiger partial charge >= 0.3 is 0 Å². The van der Waals surface area contributed by atoms with Crippen LogP contribution < -0.4 is 9.80 Å². The summed E-state index contributed by atoms with van der Waals surface area (Å²) in [6.07, 6.45) is 1.91. The maximum atomic E-state index is 13.1. The van der Waals surface area contributed by atoms with Crippen LogP contribution in [0, 0.1) is 0 Å². The maximum Gasteiger partial charge on any atom is 0.276 e. The van der Waals surface area contributed by atoms with Crippen molar-refractivity contribution in [2.45, 2.75) is 12.8 Å². The van der Waals surface area contributed by atoms with Crippen molar-refractivity contribution >= 4 is 23.1 Å². The van der Waals surface area contributed by atoms with Gasteiger partial charge in [-0.1, -0.05) is 42.5 Å². The smallest absolute Gasteiger partial charge is 0.276 e. The summed E-state index contributed by atoms with van der Waals surface area (Å²) in [5.74, 6) is 0.817. The molecule has 2 aliphatic heterocycles. The Morgan fingerprint density at radius 1 is 0.769 bits per heavy atom. The number of amides is 1. The predicted molar refractivity (Wildman–Crippen MR) is 103 cm³/mol. The zero-order chi connectivity index (χ0) is 17.5. The molecule has 0 bridgehead atoms. The molecule has 0 atom stereocenters. The summed E-state index contributed by atoms with van der Waals surface area (Å²) < 4.78 is 0. The fourth-order valence-corrected chi connectivity index (χ4v) is 3.96. The molecule has 4 nitrogen and oxygen atoms in total. The summed E-state index contributed by atoms with van der Waals surface area (Å²) in [6, 6.07) is 22.2. The molecule has 2 aliphatic rings. The number of rotatable bonds is 2. The van der Waals surface area contributed by atoms with E-state index in [0.29, 0.717) is 5.69 Å². The molecule has 0 fully saturated rings. The molecule has 0 unspecified atom stereocenters. The van der Waals surface area contributed by atoms with Crippen LogP contribution in [0.2, 0.25) is 0 Å². The first-order valence-corrected chi connectivity index (χ1v) is 9.03. The third-order valence-corrected chi connectivity index (χ3v) is 5.25. The van der Waals surface area contributed by atoms with Crippen molar-refractivity contribution in [3.05, 3.63) is 83.6 Å². The Hall–Kier alpha value is -3.14. The van der Waals surface area contributed by atoms with E-state index in [0.717, 1.165) is 37.4 Å². The first-order chi connectivity index (χ1) is 12.8. The molecule has 3 aromatic rings. The van der Waals surface area contributed by atoms with Crippen molar-refractivity contribution in [2.75, 3.05) is 22.9 Å². The molecule has 128 valence electrons. The number of fused-ring (bicyclic) bond motifs is 2. The zero-order valence-electron chi connectivity index (χ0n) is 14.4. The second-order valence-electron chi connectivity index (χ2n) is 6.75. The first kappa shape index (κ1) is 15.1. The molecule has 3 heterocycles. The highest BCUT2D eigenvalue weighted by atomic mass is 16.2. The van der Waals surface area contributed by atoms with E-state index in [1.54, 1.807) is 0 Å². The Kier molecular flexibility index (Phi) is 3.49. The molecule has 0 radical (unpaired) electrons. The second kappa shape index (κ2) is 5.99. The van der Waals surface area contributed by atoms with Crippen molar-refractivity contribution in [1.82, 2.24) is 4.98 Å². The molecule has 0 N–H and O–H groups in total. The van der Waals surface area contributed by atoms with Gasteiger partial charge in [-0.3, -0.25) is 4.79 Å². The molecule has 0 spiro atoms. The van der Waals surface area contributed by atoms with Crippen LogP contribution in [0.15, 0.2) is 66.7 Å². The molecule has 0 saturated heterocycles. The molecule has 5 rings (SSSR count). The van der Waals surface area contributed by atoms with Crippen LogP contribution in [-0.2, 0) is 12.8 Å². The third-order valence-electron chi connectivity index (χ3n) is 5.25. The number of para-hydroxylation sites is 2. The number of hydrogen-bond donors (Lipinski definition) is 0. The molecule has 4 heteroatoms. The number of anilines is 3. The van der Waals surface area contributed by atoms with Crippen LogP contribution in [0.4, 0.5) is 17.2 Å². The van der Waals surface area contributed by atoms with Crippen molar-refractivity contribution in [3.63, 3.8) is 0 Å². The van der Waals surface area contributed by atoms with E-state index in [1.165, 1.54) is 16.8 Å². The summed E-state index contributed by atoms with van der Waals surface area (Å²) in [7, 11) is 0. The van der Waals surface area contributed by atoms with Crippen molar-refractivity contribution < 1.29 is 4.79 Å². The highest BCUT2D eigenvalue weighted by Crippen LogP contribution is 2.34. The van der Waals surface area contributed by atoms with Crippen molar-refractivity contribution in [1.29, 1.82) is 0 Å². The largest absolute Gasteiger partial charge is 0.326 e. The average molecular weight is 341 g/mol. The summed E-state index contributed by atoms with van der Waals surface area (Å²) >= 11 is 0. The van der Waals surface area contributed by atoms with E-state index in [4.69, 9.17) is 4.98 Å². The number of nitrogens with zero attached hydrogens (tertiary/aromatic N) is 3. The quantitative estimate of drug-likeness (QED) is 0.707. The van der Waals surface area contributed by atoms with Crippen LogP contribution in [0.25, 0.3) is 0 Å². The number of hydrogen-bond acceptors (Lipinski definition) is 3. The van der Waals surface area contributed by atoms with Crippen LogP contribution in [-0.4, -0.2) is 24.0 Å². The molecule has 1 aromatic heterocycles. The SMILES string of the molecule is O=C(c1cccc(N2CCc3ccccc32)n1)N1CCc2ccccc21. The van der Waals surface area contributed by atoms with Gasteiger partial charge in [0.1, 0.15) is 11.5 Å². The monoisotopic (exact) mass is 341 g/mol. The minimum atomic E-state index is -0.0238. The second-order valence-corrected chi connectivity index (χ2v) is 6.75. The molecule has 1 amide bonds. The standard InChI is InChI=1S/C22H19N3O/c26-22(25-15-13-17-7-2-4-10-20(17)25)18-8-5-11-21(23-18)24-14-12-16-6-1-3-9-19(16)24/h1-11H,12-15H2. The molecule has 2 aromatic carbocycles. The van der Waals surface area contributed by atoms with Gasteiger partial charge in [0.15, 0.2) is 0 Å². The van der Waals surface area contributed by atoms with Gasteiger partial charge in [-0.2, -0.15) is 0 Å². The normalized spacial score (nSPS) is 15.1. The lowest BCUT2D eigenvalue weighted by molar-refractivity contribution is 0.0984. The highest BCUT2D eigenvalue weighted by Gasteiger charge is 2.27. The molecule has 26 heavy (non-hydrogen) atoms. The van der Waals surface area contributed by atoms with Gasteiger partial charge in [0.25, 0.3) is 5.91 Å². The fourth-order valence-electron chi connectivity index (χ4n) is 3.96. The first-order valence-electron chi connectivity index (χ1n) is 9.03. The maximum absolute atomic E-state index is 13.1. The van der Waals surface area contributed by atoms with Crippen LogP contribution in [0.1, 0.15) is 21.6 Å². The number of aromatic nitrogens is 1. The lowest BCUT2D eigenvalue weighted by Crippen LogP contribution is -2.30. The Morgan fingerprint density at radius 3 is 2.31 bits per heavy atom. The number of benzene rings is 2. The minimum absolute atomic E-state index is 0.0238. The zero-order valence-corrected chi connectivity index (χ0v) is 14.4. The summed E-state index contributed by atoms with van der Waals surface area (Å²) in [6.45, 7) is 1.62. The van der Waals surface area contributed by atoms with E-state index < -0.39 is 0 Å². The molecule has 0 aliphatic carbocycles. The Morgan fingerprint density at radius 2 is 1.46 bits per heavy atom. The van der Waals surface area contributed by atoms with Gasteiger partial charge in [-0.25, -0.2) is 4.98 Å². The Balaban J connectivity index is 1.47. The van der Waals surface area contributed by atoms with E-state index in [-0.39, 0.29) is 5.91 Å². The lowest BCUT2D eigenvalue weighted by atomic mass is 10.2. The number of pyridine rings is 1. The van der Waals surface area contributed by atoms with Crippen molar-refractivity contribution in [2.24, 2.45) is 0 Å². The van der Waals surface area contributed by atoms with Gasteiger partial charge < -0.3 is 9.80 Å². The van der Waals surface area contributed by atoms with E-state index in [2.05, 4.69) is 29.2 Å². The molecular weight excluding hydrogens is 322 g/mol. The highest BCUT2D eigenvalue weighted by molar-refractivity contribution is 6.06. The molecule has 0 saturated carbocycles. The van der Waals surface area contributed by atoms with Crippen LogP contribution >= 0.6 is 0 Å². The number of carbonyl (C=O) groups excluding carboxylic acids is 1. The predicted octanol–water partition coefficient (Wildman–Crippen LogP) is 3.98. The van der Waals surface area contributed by atoms with E-state index in [1.807, 2.05) is 47.4 Å². The summed E-state index contributed by atoms with van der Waals surface area (Å²) in [5.41, 5.74) is 5.26.